The third-order valence-corrected chi connectivity index (χ3v) is 7.46. The van der Waals surface area contributed by atoms with Gasteiger partial charge < -0.3 is 20.7 Å². The van der Waals surface area contributed by atoms with Crippen LogP contribution in [-0.2, 0) is 25.8 Å². The molecule has 3 amide bonds. The van der Waals surface area contributed by atoms with E-state index in [1.54, 1.807) is 79.7 Å². The minimum Gasteiger partial charge on any atom is -0.462 e. The second-order valence-electron chi connectivity index (χ2n) is 9.47. The Morgan fingerprint density at radius 3 is 2.00 bits per heavy atom. The first-order chi connectivity index (χ1) is 20.1. The zero-order chi connectivity index (χ0) is 30.1. The summed E-state index contributed by atoms with van der Waals surface area (Å²) >= 11 is 0. The Balaban J connectivity index is 1.47. The van der Waals surface area contributed by atoms with Gasteiger partial charge in [-0.25, -0.2) is 18.0 Å². The number of benzene rings is 4. The standard InChI is InChI=1S/C32H31N3O6S/c1-3-41-31(37)24-15-19-26(20-16-24)34-32(38)35-28(21-22-9-5-4-6-10-22)30(36)33-25-17-13-23(14-18-25)27-11-7-8-12-29(27)42(2,39)40/h4-20,28H,3,21H2,1-2H3,(H,33,36)(H2,34,35,38)/t28-/m1/s1. The van der Waals surface area contributed by atoms with Crippen molar-refractivity contribution in [2.45, 2.75) is 24.3 Å². The van der Waals surface area contributed by atoms with Crippen LogP contribution < -0.4 is 16.0 Å². The Hall–Kier alpha value is -4.96. The zero-order valence-electron chi connectivity index (χ0n) is 23.2. The van der Waals surface area contributed by atoms with E-state index in [1.165, 1.54) is 0 Å². The number of sulfone groups is 1. The molecule has 1 atom stereocenters. The summed E-state index contributed by atoms with van der Waals surface area (Å²) in [6.45, 7) is 1.98. The normalized spacial score (nSPS) is 11.7. The van der Waals surface area contributed by atoms with E-state index in [4.69, 9.17) is 4.74 Å². The topological polar surface area (TPSA) is 131 Å². The zero-order valence-corrected chi connectivity index (χ0v) is 24.0. The van der Waals surface area contributed by atoms with E-state index in [9.17, 15) is 22.8 Å². The minimum absolute atomic E-state index is 0.218. The monoisotopic (exact) mass is 585 g/mol. The average Bonchev–Trinajstić information content (AvgIpc) is 2.98. The van der Waals surface area contributed by atoms with Gasteiger partial charge in [-0.2, -0.15) is 0 Å². The highest BCUT2D eigenvalue weighted by Crippen LogP contribution is 2.28. The van der Waals surface area contributed by atoms with Gasteiger partial charge in [-0.3, -0.25) is 4.79 Å². The van der Waals surface area contributed by atoms with Gasteiger partial charge in [0.1, 0.15) is 6.04 Å². The van der Waals surface area contributed by atoms with Crippen LogP contribution in [0.3, 0.4) is 0 Å². The predicted octanol–water partition coefficient (Wildman–Crippen LogP) is 5.31. The highest BCUT2D eigenvalue weighted by Gasteiger charge is 2.22. The van der Waals surface area contributed by atoms with Gasteiger partial charge in [-0.15, -0.1) is 0 Å². The van der Waals surface area contributed by atoms with Crippen molar-refractivity contribution in [3.05, 3.63) is 114 Å². The summed E-state index contributed by atoms with van der Waals surface area (Å²) in [5, 5.41) is 8.26. The molecule has 0 unspecified atom stereocenters. The fraction of sp³-hybridized carbons (Fsp3) is 0.156. The van der Waals surface area contributed by atoms with Gasteiger partial charge in [0.15, 0.2) is 9.84 Å². The molecule has 0 aliphatic heterocycles. The first-order valence-corrected chi connectivity index (χ1v) is 15.1. The predicted molar refractivity (Wildman–Crippen MR) is 162 cm³/mol. The number of rotatable bonds is 10. The molecule has 0 aliphatic carbocycles. The summed E-state index contributed by atoms with van der Waals surface area (Å²) in [6, 6.07) is 27.5. The van der Waals surface area contributed by atoms with Gasteiger partial charge in [-0.1, -0.05) is 60.7 Å². The lowest BCUT2D eigenvalue weighted by atomic mass is 10.0. The Morgan fingerprint density at radius 1 is 0.762 bits per heavy atom. The molecule has 0 heterocycles. The first-order valence-electron chi connectivity index (χ1n) is 13.2. The largest absolute Gasteiger partial charge is 0.462 e. The van der Waals surface area contributed by atoms with Gasteiger partial charge >= 0.3 is 12.0 Å². The summed E-state index contributed by atoms with van der Waals surface area (Å²) in [4.78, 5) is 38.3. The van der Waals surface area contributed by atoms with Crippen molar-refractivity contribution in [1.29, 1.82) is 0 Å². The molecule has 0 bridgehead atoms. The second kappa shape index (κ2) is 13.6. The van der Waals surface area contributed by atoms with Crippen molar-refractivity contribution >= 4 is 39.1 Å². The molecule has 0 aromatic heterocycles. The van der Waals surface area contributed by atoms with Crippen LogP contribution in [0.25, 0.3) is 11.1 Å². The van der Waals surface area contributed by atoms with Crippen molar-refractivity contribution < 1.29 is 27.5 Å². The fourth-order valence-corrected chi connectivity index (χ4v) is 5.19. The Labute approximate surface area is 244 Å². The van der Waals surface area contributed by atoms with E-state index < -0.39 is 33.8 Å². The van der Waals surface area contributed by atoms with Crippen molar-refractivity contribution in [1.82, 2.24) is 5.32 Å². The number of carbonyl (C=O) groups is 3. The molecule has 0 saturated carbocycles. The summed E-state index contributed by atoms with van der Waals surface area (Å²) in [5.74, 6) is -0.892. The van der Waals surface area contributed by atoms with Gasteiger partial charge in [0.2, 0.25) is 5.91 Å². The minimum atomic E-state index is -3.43. The van der Waals surface area contributed by atoms with Crippen LogP contribution in [-0.4, -0.2) is 45.2 Å². The Morgan fingerprint density at radius 2 is 1.36 bits per heavy atom. The Bertz CT molecular complexity index is 1660. The van der Waals surface area contributed by atoms with Crippen LogP contribution >= 0.6 is 0 Å². The van der Waals surface area contributed by atoms with Crippen molar-refractivity contribution in [2.24, 2.45) is 0 Å². The van der Waals surface area contributed by atoms with E-state index in [0.29, 0.717) is 28.1 Å². The van der Waals surface area contributed by atoms with Gasteiger partial charge in [0.25, 0.3) is 0 Å². The number of hydrogen-bond acceptors (Lipinski definition) is 6. The van der Waals surface area contributed by atoms with E-state index >= 15 is 0 Å². The van der Waals surface area contributed by atoms with Gasteiger partial charge in [-0.05, 0) is 60.5 Å². The molecule has 9 nitrogen and oxygen atoms in total. The van der Waals surface area contributed by atoms with E-state index in [-0.39, 0.29) is 17.9 Å². The highest BCUT2D eigenvalue weighted by molar-refractivity contribution is 7.90. The maximum atomic E-state index is 13.3. The lowest BCUT2D eigenvalue weighted by Gasteiger charge is -2.19. The van der Waals surface area contributed by atoms with Crippen LogP contribution in [0.2, 0.25) is 0 Å². The molecule has 4 rings (SSSR count). The lowest BCUT2D eigenvalue weighted by molar-refractivity contribution is -0.117. The number of urea groups is 1. The lowest BCUT2D eigenvalue weighted by Crippen LogP contribution is -2.46. The fourth-order valence-electron chi connectivity index (χ4n) is 4.28. The average molecular weight is 586 g/mol. The number of nitrogens with one attached hydrogen (secondary N) is 3. The number of amides is 3. The van der Waals surface area contributed by atoms with E-state index in [1.807, 2.05) is 30.3 Å². The first kappa shape index (κ1) is 30.0. The molecule has 0 radical (unpaired) electrons. The molecular formula is C32H31N3O6S. The van der Waals surface area contributed by atoms with Crippen LogP contribution in [0.5, 0.6) is 0 Å². The van der Waals surface area contributed by atoms with Crippen molar-refractivity contribution in [3.8, 4) is 11.1 Å². The summed E-state index contributed by atoms with van der Waals surface area (Å²) < 4.78 is 29.4. The number of esters is 1. The Kier molecular flexibility index (Phi) is 9.72. The van der Waals surface area contributed by atoms with E-state index in [2.05, 4.69) is 16.0 Å². The summed E-state index contributed by atoms with van der Waals surface area (Å²) in [7, 11) is -3.43. The third-order valence-electron chi connectivity index (χ3n) is 6.31. The van der Waals surface area contributed by atoms with Crippen molar-refractivity contribution in [2.75, 3.05) is 23.5 Å². The maximum absolute atomic E-state index is 13.3. The summed E-state index contributed by atoms with van der Waals surface area (Å²) in [6.07, 6.45) is 1.40. The molecule has 3 N–H and O–H groups in total. The van der Waals surface area contributed by atoms with Gasteiger partial charge in [0, 0.05) is 29.6 Å². The molecular weight excluding hydrogens is 554 g/mol. The number of anilines is 2. The molecule has 42 heavy (non-hydrogen) atoms. The maximum Gasteiger partial charge on any atom is 0.338 e. The third kappa shape index (κ3) is 8.05. The van der Waals surface area contributed by atoms with Crippen LogP contribution in [0.1, 0.15) is 22.8 Å². The molecule has 0 saturated heterocycles. The quantitative estimate of drug-likeness (QED) is 0.216. The number of hydrogen-bond donors (Lipinski definition) is 3. The molecule has 216 valence electrons. The van der Waals surface area contributed by atoms with Crippen LogP contribution in [0.15, 0.2) is 108 Å². The SMILES string of the molecule is CCOC(=O)c1ccc(NC(=O)N[C@H](Cc2ccccc2)C(=O)Nc2ccc(-c3ccccc3S(C)(=O)=O)cc2)cc1. The molecule has 10 heteroatoms. The van der Waals surface area contributed by atoms with Crippen molar-refractivity contribution in [3.63, 3.8) is 0 Å². The molecule has 0 aliphatic rings. The second-order valence-corrected chi connectivity index (χ2v) is 11.5. The van der Waals surface area contributed by atoms with Gasteiger partial charge in [0.05, 0.1) is 17.1 Å². The number of carbonyl (C=O) groups excluding carboxylic acids is 3. The molecule has 0 fully saturated rings. The summed E-state index contributed by atoms with van der Waals surface area (Å²) in [5.41, 5.74) is 3.37. The van der Waals surface area contributed by atoms with E-state index in [0.717, 1.165) is 11.8 Å². The highest BCUT2D eigenvalue weighted by atomic mass is 32.2. The van der Waals surface area contributed by atoms with Crippen LogP contribution in [0.4, 0.5) is 16.2 Å². The smallest absolute Gasteiger partial charge is 0.338 e. The van der Waals surface area contributed by atoms with Crippen LogP contribution in [0, 0.1) is 0 Å². The number of ether oxygens (including phenoxy) is 1. The molecule has 0 spiro atoms. The molecule has 4 aromatic carbocycles. The molecule has 4 aromatic rings.